The van der Waals surface area contributed by atoms with Crippen molar-refractivity contribution < 1.29 is 25.2 Å². The zero-order valence-corrected chi connectivity index (χ0v) is 15.9. The molecule has 0 radical (unpaired) electrons. The van der Waals surface area contributed by atoms with Crippen molar-refractivity contribution in [3.8, 4) is 23.7 Å². The van der Waals surface area contributed by atoms with E-state index in [9.17, 15) is 20.4 Å². The van der Waals surface area contributed by atoms with E-state index in [2.05, 4.69) is 33.9 Å². The predicted octanol–water partition coefficient (Wildman–Crippen LogP) is 0.157. The molecule has 0 unspecified atom stereocenters. The van der Waals surface area contributed by atoms with Crippen LogP contribution in [0, 0.1) is 23.7 Å². The molecule has 1 saturated heterocycles. The van der Waals surface area contributed by atoms with Crippen LogP contribution in [0.2, 0.25) is 0 Å². The Balaban J connectivity index is 1.67. The highest BCUT2D eigenvalue weighted by Crippen LogP contribution is 2.22. The number of ether oxygens (including phenoxy) is 1. The largest absolute Gasteiger partial charge is 0.394 e. The molecule has 1 aliphatic heterocycles. The van der Waals surface area contributed by atoms with Crippen molar-refractivity contribution in [3.05, 3.63) is 65.4 Å². The molecule has 0 saturated carbocycles. The third-order valence-electron chi connectivity index (χ3n) is 4.92. The molecule has 1 aromatic heterocycles. The smallest absolute Gasteiger partial charge is 0.147 e. The van der Waals surface area contributed by atoms with Gasteiger partial charge in [0, 0.05) is 16.5 Å². The molecule has 30 heavy (non-hydrogen) atoms. The van der Waals surface area contributed by atoms with Gasteiger partial charge in [-0.3, -0.25) is 5.10 Å². The number of nitrogens with zero attached hydrogens (tertiary/aromatic N) is 1. The lowest BCUT2D eigenvalue weighted by molar-refractivity contribution is -0.214. The first-order valence-electron chi connectivity index (χ1n) is 9.43. The van der Waals surface area contributed by atoms with Crippen LogP contribution in [-0.4, -0.2) is 67.8 Å². The van der Waals surface area contributed by atoms with Crippen LogP contribution in [0.15, 0.2) is 48.7 Å². The number of aliphatic hydroxyl groups excluding tert-OH is 4. The minimum atomic E-state index is -1.47. The number of hydrogen-bond acceptors (Lipinski definition) is 6. The molecule has 1 aliphatic rings. The molecular weight excluding hydrogens is 384 g/mol. The highest BCUT2D eigenvalue weighted by atomic mass is 16.5. The van der Waals surface area contributed by atoms with Crippen LogP contribution in [0.4, 0.5) is 0 Å². The Bertz CT molecular complexity index is 1150. The van der Waals surface area contributed by atoms with Gasteiger partial charge in [0.1, 0.15) is 30.5 Å². The summed E-state index contributed by atoms with van der Waals surface area (Å²) in [6, 6.07) is 13.3. The van der Waals surface area contributed by atoms with Crippen LogP contribution in [0.5, 0.6) is 0 Å². The van der Waals surface area contributed by atoms with Crippen molar-refractivity contribution in [2.24, 2.45) is 0 Å². The molecule has 2 aromatic carbocycles. The number of benzene rings is 2. The van der Waals surface area contributed by atoms with E-state index in [4.69, 9.17) is 4.74 Å². The van der Waals surface area contributed by atoms with Crippen molar-refractivity contribution in [2.75, 3.05) is 6.61 Å². The first-order valence-corrected chi connectivity index (χ1v) is 9.43. The highest BCUT2D eigenvalue weighted by molar-refractivity contribution is 5.85. The molecule has 4 rings (SSSR count). The van der Waals surface area contributed by atoms with Crippen LogP contribution in [0.3, 0.4) is 0 Å². The summed E-state index contributed by atoms with van der Waals surface area (Å²) in [5.74, 6) is 11.9. The first kappa shape index (κ1) is 20.1. The van der Waals surface area contributed by atoms with E-state index < -0.39 is 37.1 Å². The Morgan fingerprint density at radius 2 is 1.70 bits per heavy atom. The second-order valence-electron chi connectivity index (χ2n) is 6.99. The lowest BCUT2D eigenvalue weighted by atomic mass is 9.95. The molecule has 0 spiro atoms. The van der Waals surface area contributed by atoms with E-state index in [0.29, 0.717) is 11.1 Å². The zero-order valence-electron chi connectivity index (χ0n) is 15.9. The molecule has 3 aromatic rings. The topological polar surface area (TPSA) is 119 Å². The molecule has 5 N–H and O–H groups in total. The Labute approximate surface area is 172 Å². The lowest BCUT2D eigenvalue weighted by Crippen LogP contribution is -2.58. The van der Waals surface area contributed by atoms with Crippen LogP contribution in [0.1, 0.15) is 16.7 Å². The molecule has 5 atom stereocenters. The minimum absolute atomic E-state index is 0.502. The van der Waals surface area contributed by atoms with Gasteiger partial charge in [-0.15, -0.1) is 0 Å². The molecule has 2 heterocycles. The number of aromatic amines is 1. The van der Waals surface area contributed by atoms with Crippen LogP contribution in [0.25, 0.3) is 10.9 Å². The summed E-state index contributed by atoms with van der Waals surface area (Å²) in [6.45, 7) is -0.502. The number of H-pyrrole nitrogens is 1. The quantitative estimate of drug-likeness (QED) is 0.369. The van der Waals surface area contributed by atoms with E-state index in [1.54, 1.807) is 12.3 Å². The van der Waals surface area contributed by atoms with E-state index in [-0.39, 0.29) is 0 Å². The first-order chi connectivity index (χ1) is 14.6. The lowest BCUT2D eigenvalue weighted by Gasteiger charge is -2.37. The number of rotatable bonds is 1. The standard InChI is InChI=1S/C23H20N2O5/c26-13-19-22(28)23(29)21(27)18(30-19)9-8-16-10-15(11-17-12-24-25-20(16)17)7-6-14-4-2-1-3-5-14/h1-5,10-12,18-19,21-23,26-29H,13H2,(H,24,25)/t18-,19-,21-,22-,23-/m1/s1. The van der Waals surface area contributed by atoms with Gasteiger partial charge in [0.15, 0.2) is 0 Å². The van der Waals surface area contributed by atoms with E-state index in [1.807, 2.05) is 36.4 Å². The van der Waals surface area contributed by atoms with Gasteiger partial charge in [0.2, 0.25) is 0 Å². The molecule has 0 amide bonds. The second kappa shape index (κ2) is 8.68. The number of nitrogens with one attached hydrogen (secondary N) is 1. The molecule has 152 valence electrons. The van der Waals surface area contributed by atoms with Crippen molar-refractivity contribution >= 4 is 10.9 Å². The number of aromatic nitrogens is 2. The normalized spacial score (nSPS) is 25.8. The average Bonchev–Trinajstić information content (AvgIpc) is 3.25. The summed E-state index contributed by atoms with van der Waals surface area (Å²) >= 11 is 0. The van der Waals surface area contributed by atoms with Crippen LogP contribution < -0.4 is 0 Å². The monoisotopic (exact) mass is 404 g/mol. The number of fused-ring (bicyclic) bond motifs is 1. The highest BCUT2D eigenvalue weighted by Gasteiger charge is 2.42. The van der Waals surface area contributed by atoms with Gasteiger partial charge >= 0.3 is 0 Å². The van der Waals surface area contributed by atoms with Crippen LogP contribution >= 0.6 is 0 Å². The maximum Gasteiger partial charge on any atom is 0.147 e. The summed E-state index contributed by atoms with van der Waals surface area (Å²) < 4.78 is 5.44. The Morgan fingerprint density at radius 1 is 0.933 bits per heavy atom. The summed E-state index contributed by atoms with van der Waals surface area (Å²) in [5, 5.41) is 47.1. The van der Waals surface area contributed by atoms with Gasteiger partial charge < -0.3 is 25.2 Å². The van der Waals surface area contributed by atoms with E-state index in [0.717, 1.165) is 16.5 Å². The third kappa shape index (κ3) is 4.07. The average molecular weight is 404 g/mol. The maximum atomic E-state index is 10.2. The fraction of sp³-hybridized carbons (Fsp3) is 0.261. The van der Waals surface area contributed by atoms with Gasteiger partial charge in [-0.05, 0) is 24.3 Å². The molecule has 1 fully saturated rings. The van der Waals surface area contributed by atoms with E-state index in [1.165, 1.54) is 0 Å². The van der Waals surface area contributed by atoms with Gasteiger partial charge in [-0.2, -0.15) is 5.10 Å². The fourth-order valence-electron chi connectivity index (χ4n) is 3.26. The molecular formula is C23H20N2O5. The number of aliphatic hydroxyl groups is 4. The summed E-state index contributed by atoms with van der Waals surface area (Å²) in [7, 11) is 0. The third-order valence-corrected chi connectivity index (χ3v) is 4.92. The van der Waals surface area contributed by atoms with Gasteiger partial charge in [0.25, 0.3) is 0 Å². The Hall–Kier alpha value is -3.17. The second-order valence-corrected chi connectivity index (χ2v) is 6.99. The van der Waals surface area contributed by atoms with Crippen molar-refractivity contribution in [2.45, 2.75) is 30.5 Å². The molecule has 7 heteroatoms. The molecule has 0 aliphatic carbocycles. The number of hydrogen-bond donors (Lipinski definition) is 5. The summed E-state index contributed by atoms with van der Waals surface area (Å²) in [6.07, 6.45) is -4.70. The van der Waals surface area contributed by atoms with E-state index >= 15 is 0 Å². The predicted molar refractivity (Wildman–Crippen MR) is 109 cm³/mol. The minimum Gasteiger partial charge on any atom is -0.394 e. The van der Waals surface area contributed by atoms with Gasteiger partial charge in [0.05, 0.1) is 23.9 Å². The summed E-state index contributed by atoms with van der Waals surface area (Å²) in [5.41, 5.74) is 2.93. The van der Waals surface area contributed by atoms with Crippen molar-refractivity contribution in [1.82, 2.24) is 10.2 Å². The molecule has 7 nitrogen and oxygen atoms in total. The fourth-order valence-corrected chi connectivity index (χ4v) is 3.26. The van der Waals surface area contributed by atoms with Crippen molar-refractivity contribution in [3.63, 3.8) is 0 Å². The van der Waals surface area contributed by atoms with Crippen LogP contribution in [-0.2, 0) is 4.74 Å². The Kier molecular flexibility index (Phi) is 5.82. The Morgan fingerprint density at radius 3 is 2.47 bits per heavy atom. The maximum absolute atomic E-state index is 10.2. The van der Waals surface area contributed by atoms with Gasteiger partial charge in [-0.25, -0.2) is 0 Å². The SMILES string of the molecule is OC[C@H]1O[C@H](C#Cc2cc(C#Cc3ccccc3)cc3cn[nH]c23)[C@@H](O)[C@@H](O)[C@@H]1O. The summed E-state index contributed by atoms with van der Waals surface area (Å²) in [4.78, 5) is 0. The zero-order chi connectivity index (χ0) is 21.1. The van der Waals surface area contributed by atoms with Gasteiger partial charge in [-0.1, -0.05) is 41.9 Å². The van der Waals surface area contributed by atoms with Crippen molar-refractivity contribution in [1.29, 1.82) is 0 Å². The molecule has 0 bridgehead atoms.